The molecule has 1 aromatic carbocycles. The Bertz CT molecular complexity index is 681. The van der Waals surface area contributed by atoms with Crippen LogP contribution in [0.2, 0.25) is 0 Å². The van der Waals surface area contributed by atoms with Crippen molar-refractivity contribution in [1.82, 2.24) is 10.2 Å². The molecular weight excluding hydrogens is 276 g/mol. The van der Waals surface area contributed by atoms with Crippen LogP contribution in [-0.2, 0) is 0 Å². The lowest BCUT2D eigenvalue weighted by Gasteiger charge is -2.08. The molecule has 0 radical (unpaired) electrons. The summed E-state index contributed by atoms with van der Waals surface area (Å²) in [6.07, 6.45) is 1.37. The quantitative estimate of drug-likeness (QED) is 0.648. The zero-order valence-corrected chi connectivity index (χ0v) is 11.5. The molecule has 1 heterocycles. The van der Waals surface area contributed by atoms with Crippen LogP contribution in [0.15, 0.2) is 24.4 Å². The van der Waals surface area contributed by atoms with Crippen LogP contribution in [-0.4, -0.2) is 27.6 Å². The van der Waals surface area contributed by atoms with Crippen molar-refractivity contribution < 1.29 is 14.5 Å². The van der Waals surface area contributed by atoms with Gasteiger partial charge in [-0.2, -0.15) is 5.10 Å². The molecule has 2 N–H and O–H groups in total. The fourth-order valence-corrected chi connectivity index (χ4v) is 1.79. The molecule has 0 unspecified atom stereocenters. The lowest BCUT2D eigenvalue weighted by atomic mass is 10.2. The van der Waals surface area contributed by atoms with E-state index in [1.165, 1.54) is 18.3 Å². The number of aromatic amines is 1. The maximum atomic E-state index is 12.1. The molecule has 2 aromatic rings. The number of nitro benzene ring substituents is 1. The number of ether oxygens (including phenoxy) is 1. The van der Waals surface area contributed by atoms with E-state index in [2.05, 4.69) is 15.5 Å². The van der Waals surface area contributed by atoms with E-state index in [1.807, 2.05) is 0 Å². The Morgan fingerprint density at radius 1 is 1.52 bits per heavy atom. The summed E-state index contributed by atoms with van der Waals surface area (Å²) in [7, 11) is 0. The van der Waals surface area contributed by atoms with Gasteiger partial charge >= 0.3 is 0 Å². The Balaban J connectivity index is 2.29. The number of benzene rings is 1. The second-order valence-corrected chi connectivity index (χ2v) is 4.23. The van der Waals surface area contributed by atoms with Gasteiger partial charge in [0.25, 0.3) is 11.6 Å². The van der Waals surface area contributed by atoms with E-state index in [0.29, 0.717) is 23.6 Å². The number of nitrogens with one attached hydrogen (secondary N) is 2. The molecule has 1 amide bonds. The van der Waals surface area contributed by atoms with E-state index in [1.54, 1.807) is 19.9 Å². The highest BCUT2D eigenvalue weighted by Gasteiger charge is 2.19. The fourth-order valence-electron chi connectivity index (χ4n) is 1.79. The summed E-state index contributed by atoms with van der Waals surface area (Å²) in [5.74, 6) is -0.0878. The Kier molecular flexibility index (Phi) is 4.17. The molecule has 1 aromatic heterocycles. The van der Waals surface area contributed by atoms with Gasteiger partial charge in [0.2, 0.25) is 0 Å². The zero-order chi connectivity index (χ0) is 15.4. The number of nitrogens with zero attached hydrogens (tertiary/aromatic N) is 2. The smallest absolute Gasteiger partial charge is 0.296 e. The SMILES string of the molecule is CCOc1ccc(NC(=O)c2cn[nH]c2C)c([N+](=O)[O-])c1. The molecule has 0 spiro atoms. The van der Waals surface area contributed by atoms with E-state index < -0.39 is 10.8 Å². The van der Waals surface area contributed by atoms with E-state index in [0.717, 1.165) is 0 Å². The van der Waals surface area contributed by atoms with Crippen LogP contribution < -0.4 is 10.1 Å². The van der Waals surface area contributed by atoms with Crippen LogP contribution in [0.4, 0.5) is 11.4 Å². The second kappa shape index (κ2) is 6.04. The van der Waals surface area contributed by atoms with E-state index in [-0.39, 0.29) is 11.4 Å². The van der Waals surface area contributed by atoms with Gasteiger partial charge in [-0.1, -0.05) is 0 Å². The predicted molar refractivity (Wildman–Crippen MR) is 75.5 cm³/mol. The number of rotatable bonds is 5. The van der Waals surface area contributed by atoms with Crippen LogP contribution in [0.3, 0.4) is 0 Å². The van der Waals surface area contributed by atoms with Crippen molar-refractivity contribution >= 4 is 17.3 Å². The van der Waals surface area contributed by atoms with Crippen molar-refractivity contribution in [1.29, 1.82) is 0 Å². The van der Waals surface area contributed by atoms with Gasteiger partial charge in [0.1, 0.15) is 11.4 Å². The summed E-state index contributed by atoms with van der Waals surface area (Å²) in [6.45, 7) is 3.87. The van der Waals surface area contributed by atoms with Gasteiger partial charge in [-0.25, -0.2) is 0 Å². The molecule has 0 aliphatic heterocycles. The highest BCUT2D eigenvalue weighted by atomic mass is 16.6. The highest BCUT2D eigenvalue weighted by molar-refractivity contribution is 6.06. The van der Waals surface area contributed by atoms with Gasteiger partial charge in [0.05, 0.1) is 29.4 Å². The molecule has 8 nitrogen and oxygen atoms in total. The molecular formula is C13H14N4O4. The first-order chi connectivity index (χ1) is 10.0. The number of amides is 1. The lowest BCUT2D eigenvalue weighted by molar-refractivity contribution is -0.384. The summed E-state index contributed by atoms with van der Waals surface area (Å²) in [5, 5.41) is 20.0. The van der Waals surface area contributed by atoms with E-state index >= 15 is 0 Å². The number of aromatic nitrogens is 2. The number of nitro groups is 1. The number of aryl methyl sites for hydroxylation is 1. The first kappa shape index (κ1) is 14.5. The molecule has 21 heavy (non-hydrogen) atoms. The third-order valence-electron chi connectivity index (χ3n) is 2.80. The van der Waals surface area contributed by atoms with Crippen LogP contribution in [0.25, 0.3) is 0 Å². The summed E-state index contributed by atoms with van der Waals surface area (Å²) in [6, 6.07) is 4.28. The topological polar surface area (TPSA) is 110 Å². The Hall–Kier alpha value is -2.90. The molecule has 0 aliphatic rings. The molecule has 8 heteroatoms. The monoisotopic (exact) mass is 290 g/mol. The number of carbonyl (C=O) groups excluding carboxylic acids is 1. The van der Waals surface area contributed by atoms with Crippen molar-refractivity contribution in [3.05, 3.63) is 45.8 Å². The largest absolute Gasteiger partial charge is 0.494 e. The molecule has 0 aliphatic carbocycles. The predicted octanol–water partition coefficient (Wildman–Crippen LogP) is 2.28. The van der Waals surface area contributed by atoms with Crippen LogP contribution in [0, 0.1) is 17.0 Å². The summed E-state index contributed by atoms with van der Waals surface area (Å²) in [4.78, 5) is 22.6. The normalized spacial score (nSPS) is 10.2. The third-order valence-corrected chi connectivity index (χ3v) is 2.80. The first-order valence-corrected chi connectivity index (χ1v) is 6.25. The van der Waals surface area contributed by atoms with Crippen molar-refractivity contribution in [2.24, 2.45) is 0 Å². The van der Waals surface area contributed by atoms with Crippen molar-refractivity contribution in [2.45, 2.75) is 13.8 Å². The van der Waals surface area contributed by atoms with E-state index in [4.69, 9.17) is 4.74 Å². The maximum Gasteiger partial charge on any atom is 0.296 e. The molecule has 110 valence electrons. The number of anilines is 1. The van der Waals surface area contributed by atoms with Gasteiger partial charge in [0.15, 0.2) is 0 Å². The van der Waals surface area contributed by atoms with Gasteiger partial charge in [-0.05, 0) is 26.0 Å². The van der Waals surface area contributed by atoms with Crippen molar-refractivity contribution in [2.75, 3.05) is 11.9 Å². The van der Waals surface area contributed by atoms with Crippen LogP contribution in [0.5, 0.6) is 5.75 Å². The summed E-state index contributed by atoms with van der Waals surface area (Å²) >= 11 is 0. The number of H-pyrrole nitrogens is 1. The minimum atomic E-state index is -0.569. The molecule has 2 rings (SSSR count). The molecule has 0 saturated heterocycles. The van der Waals surface area contributed by atoms with E-state index in [9.17, 15) is 14.9 Å². The number of hydrogen-bond donors (Lipinski definition) is 2. The molecule has 0 fully saturated rings. The van der Waals surface area contributed by atoms with Crippen LogP contribution >= 0.6 is 0 Å². The Labute approximate surface area is 120 Å². The van der Waals surface area contributed by atoms with Gasteiger partial charge in [-0.3, -0.25) is 20.0 Å². The first-order valence-electron chi connectivity index (χ1n) is 6.25. The average molecular weight is 290 g/mol. The standard InChI is InChI=1S/C13H14N4O4/c1-3-21-9-4-5-11(12(6-9)17(19)20)15-13(18)10-7-14-16-8(10)2/h4-7H,3H2,1-2H3,(H,14,16)(H,15,18). The van der Waals surface area contributed by atoms with Crippen molar-refractivity contribution in [3.63, 3.8) is 0 Å². The minimum absolute atomic E-state index is 0.106. The highest BCUT2D eigenvalue weighted by Crippen LogP contribution is 2.29. The minimum Gasteiger partial charge on any atom is -0.494 e. The second-order valence-electron chi connectivity index (χ2n) is 4.23. The fraction of sp³-hybridized carbons (Fsp3) is 0.231. The number of hydrogen-bond acceptors (Lipinski definition) is 5. The molecule has 0 bridgehead atoms. The average Bonchev–Trinajstić information content (AvgIpc) is 2.87. The maximum absolute atomic E-state index is 12.1. The number of carbonyl (C=O) groups is 1. The zero-order valence-electron chi connectivity index (χ0n) is 11.5. The van der Waals surface area contributed by atoms with Gasteiger partial charge < -0.3 is 10.1 Å². The van der Waals surface area contributed by atoms with Crippen LogP contribution in [0.1, 0.15) is 23.0 Å². The summed E-state index contributed by atoms with van der Waals surface area (Å²) < 4.78 is 5.22. The lowest BCUT2D eigenvalue weighted by Crippen LogP contribution is -2.13. The molecule has 0 atom stereocenters. The Morgan fingerprint density at radius 3 is 2.86 bits per heavy atom. The van der Waals surface area contributed by atoms with Crippen molar-refractivity contribution in [3.8, 4) is 5.75 Å². The summed E-state index contributed by atoms with van der Waals surface area (Å²) in [5.41, 5.74) is 0.795. The molecule has 0 saturated carbocycles. The Morgan fingerprint density at radius 2 is 2.29 bits per heavy atom. The van der Waals surface area contributed by atoms with Gasteiger partial charge in [0, 0.05) is 5.69 Å². The third kappa shape index (κ3) is 3.16. The van der Waals surface area contributed by atoms with Gasteiger partial charge in [-0.15, -0.1) is 0 Å².